The Kier molecular flexibility index (Phi) is 5.76. The fourth-order valence-corrected chi connectivity index (χ4v) is 4.86. The molecule has 0 spiro atoms. The zero-order valence-electron chi connectivity index (χ0n) is 16.2. The molecule has 6 nitrogen and oxygen atoms in total. The lowest BCUT2D eigenvalue weighted by Gasteiger charge is -2.29. The lowest BCUT2D eigenvalue weighted by Crippen LogP contribution is -2.38. The Morgan fingerprint density at radius 2 is 1.89 bits per heavy atom. The summed E-state index contributed by atoms with van der Waals surface area (Å²) in [6.45, 7) is 1.86. The van der Waals surface area contributed by atoms with Crippen LogP contribution in [0.3, 0.4) is 0 Å². The summed E-state index contributed by atoms with van der Waals surface area (Å²) in [5, 5.41) is 8.27. The van der Waals surface area contributed by atoms with Gasteiger partial charge in [0.05, 0.1) is 17.4 Å². The third kappa shape index (κ3) is 3.91. The molecular weight excluding hydrogens is 376 g/mol. The monoisotopic (exact) mass is 402 g/mol. The van der Waals surface area contributed by atoms with Crippen molar-refractivity contribution in [2.75, 3.05) is 12.4 Å². The van der Waals surface area contributed by atoms with E-state index >= 15 is 0 Å². The average molecular weight is 403 g/mol. The number of aryl methyl sites for hydroxylation is 1. The Balaban J connectivity index is 1.96. The van der Waals surface area contributed by atoms with E-state index in [9.17, 15) is 13.2 Å². The van der Waals surface area contributed by atoms with Gasteiger partial charge in [0.1, 0.15) is 5.75 Å². The summed E-state index contributed by atoms with van der Waals surface area (Å²) < 4.78 is 29.1. The van der Waals surface area contributed by atoms with Crippen molar-refractivity contribution >= 4 is 21.6 Å². The third-order valence-corrected chi connectivity index (χ3v) is 6.52. The number of nitrogens with two attached hydrogens (primary N) is 1. The number of anilines is 1. The summed E-state index contributed by atoms with van der Waals surface area (Å²) in [5.74, 6) is 0.572. The quantitative estimate of drug-likeness (QED) is 0.774. The number of hydrogen-bond donors (Lipinski definition) is 2. The molecule has 1 saturated carbocycles. The van der Waals surface area contributed by atoms with Crippen molar-refractivity contribution < 1.29 is 17.9 Å². The van der Waals surface area contributed by atoms with Crippen LogP contribution in [0.1, 0.15) is 43.7 Å². The van der Waals surface area contributed by atoms with E-state index in [2.05, 4.69) is 5.32 Å². The van der Waals surface area contributed by atoms with E-state index in [1.54, 1.807) is 19.2 Å². The van der Waals surface area contributed by atoms with Gasteiger partial charge in [-0.25, -0.2) is 13.6 Å². The number of hydrogen-bond acceptors (Lipinski definition) is 4. The summed E-state index contributed by atoms with van der Waals surface area (Å²) in [5.41, 5.74) is 1.32. The SMILES string of the molecule is CCc1ccc(NC(=O)C2(c3cccc(OC)c3)CCCC2)cc1S(N)(=O)=O. The smallest absolute Gasteiger partial charge is 0.238 e. The minimum Gasteiger partial charge on any atom is -0.497 e. The first-order valence-corrected chi connectivity index (χ1v) is 11.0. The van der Waals surface area contributed by atoms with Gasteiger partial charge in [0.2, 0.25) is 15.9 Å². The summed E-state index contributed by atoms with van der Waals surface area (Å²) >= 11 is 0. The van der Waals surface area contributed by atoms with E-state index in [1.165, 1.54) is 6.07 Å². The molecule has 0 aromatic heterocycles. The Bertz CT molecular complexity index is 980. The Morgan fingerprint density at radius 1 is 1.18 bits per heavy atom. The minimum atomic E-state index is -3.87. The highest BCUT2D eigenvalue weighted by Gasteiger charge is 2.43. The normalized spacial score (nSPS) is 16.0. The van der Waals surface area contributed by atoms with Crippen LogP contribution in [-0.4, -0.2) is 21.4 Å². The molecule has 1 aliphatic rings. The molecule has 2 aromatic rings. The lowest BCUT2D eigenvalue weighted by atomic mass is 9.78. The van der Waals surface area contributed by atoms with Crippen LogP contribution in [-0.2, 0) is 26.7 Å². The highest BCUT2D eigenvalue weighted by Crippen LogP contribution is 2.43. The van der Waals surface area contributed by atoms with Crippen molar-refractivity contribution in [3.05, 3.63) is 53.6 Å². The van der Waals surface area contributed by atoms with Crippen LogP contribution >= 0.6 is 0 Å². The Hall–Kier alpha value is -2.38. The molecule has 28 heavy (non-hydrogen) atoms. The summed E-state index contributed by atoms with van der Waals surface area (Å²) in [7, 11) is -2.27. The van der Waals surface area contributed by atoms with Crippen LogP contribution in [0.4, 0.5) is 5.69 Å². The fourth-order valence-electron chi connectivity index (χ4n) is 3.99. The van der Waals surface area contributed by atoms with Gasteiger partial charge in [0.25, 0.3) is 0 Å². The van der Waals surface area contributed by atoms with Crippen molar-refractivity contribution in [3.63, 3.8) is 0 Å². The molecule has 0 radical (unpaired) electrons. The number of ether oxygens (including phenoxy) is 1. The number of nitrogens with one attached hydrogen (secondary N) is 1. The van der Waals surface area contributed by atoms with Gasteiger partial charge < -0.3 is 10.1 Å². The first-order chi connectivity index (χ1) is 13.3. The topological polar surface area (TPSA) is 98.5 Å². The maximum atomic E-state index is 13.3. The third-order valence-electron chi connectivity index (χ3n) is 5.53. The molecule has 7 heteroatoms. The molecule has 1 fully saturated rings. The van der Waals surface area contributed by atoms with Gasteiger partial charge in [-0.2, -0.15) is 0 Å². The molecule has 0 bridgehead atoms. The van der Waals surface area contributed by atoms with Crippen LogP contribution in [0.25, 0.3) is 0 Å². The van der Waals surface area contributed by atoms with Crippen LogP contribution in [0.15, 0.2) is 47.4 Å². The predicted molar refractivity (Wildman–Crippen MR) is 109 cm³/mol. The lowest BCUT2D eigenvalue weighted by molar-refractivity contribution is -0.121. The van der Waals surface area contributed by atoms with Crippen LogP contribution in [0, 0.1) is 0 Å². The number of sulfonamides is 1. The number of primary sulfonamides is 1. The van der Waals surface area contributed by atoms with Gasteiger partial charge in [-0.3, -0.25) is 4.79 Å². The van der Waals surface area contributed by atoms with Gasteiger partial charge in [-0.1, -0.05) is 38.0 Å². The van der Waals surface area contributed by atoms with E-state index in [-0.39, 0.29) is 10.8 Å². The summed E-state index contributed by atoms with van der Waals surface area (Å²) in [4.78, 5) is 13.4. The van der Waals surface area contributed by atoms with Gasteiger partial charge in [-0.05, 0) is 54.7 Å². The molecule has 1 amide bonds. The maximum Gasteiger partial charge on any atom is 0.238 e. The zero-order valence-corrected chi connectivity index (χ0v) is 17.0. The number of amides is 1. The van der Waals surface area contributed by atoms with Gasteiger partial charge in [-0.15, -0.1) is 0 Å². The number of carbonyl (C=O) groups is 1. The van der Waals surface area contributed by atoms with E-state index in [0.717, 1.165) is 31.2 Å². The molecule has 0 saturated heterocycles. The van der Waals surface area contributed by atoms with Gasteiger partial charge in [0.15, 0.2) is 0 Å². The van der Waals surface area contributed by atoms with Crippen LogP contribution < -0.4 is 15.2 Å². The molecule has 3 rings (SSSR count). The molecular formula is C21H26N2O4S. The Labute approximate surface area is 166 Å². The van der Waals surface area contributed by atoms with E-state index in [4.69, 9.17) is 9.88 Å². The van der Waals surface area contributed by atoms with Gasteiger partial charge >= 0.3 is 0 Å². The zero-order chi connectivity index (χ0) is 20.4. The van der Waals surface area contributed by atoms with Crippen molar-refractivity contribution in [1.29, 1.82) is 0 Å². The second kappa shape index (κ2) is 7.93. The van der Waals surface area contributed by atoms with Crippen molar-refractivity contribution in [2.24, 2.45) is 5.14 Å². The van der Waals surface area contributed by atoms with Crippen LogP contribution in [0.2, 0.25) is 0 Å². The van der Waals surface area contributed by atoms with Crippen molar-refractivity contribution in [1.82, 2.24) is 0 Å². The minimum absolute atomic E-state index is 0.0506. The molecule has 150 valence electrons. The number of carbonyl (C=O) groups excluding carboxylic acids is 1. The highest BCUT2D eigenvalue weighted by atomic mass is 32.2. The standard InChI is InChI=1S/C21H26N2O4S/c1-3-15-9-10-17(14-19(15)28(22,25)26)23-20(24)21(11-4-5-12-21)16-7-6-8-18(13-16)27-2/h6-10,13-14H,3-5,11-12H2,1-2H3,(H,23,24)(H2,22,25,26). The average Bonchev–Trinajstić information content (AvgIpc) is 3.18. The van der Waals surface area contributed by atoms with E-state index in [1.807, 2.05) is 31.2 Å². The van der Waals surface area contributed by atoms with E-state index in [0.29, 0.717) is 23.4 Å². The van der Waals surface area contributed by atoms with Gasteiger partial charge in [0, 0.05) is 5.69 Å². The maximum absolute atomic E-state index is 13.3. The number of benzene rings is 2. The highest BCUT2D eigenvalue weighted by molar-refractivity contribution is 7.89. The molecule has 1 aliphatic carbocycles. The van der Waals surface area contributed by atoms with Crippen LogP contribution in [0.5, 0.6) is 5.75 Å². The molecule has 0 unspecified atom stereocenters. The molecule has 0 atom stereocenters. The first kappa shape index (κ1) is 20.4. The largest absolute Gasteiger partial charge is 0.497 e. The van der Waals surface area contributed by atoms with Crippen molar-refractivity contribution in [2.45, 2.75) is 49.3 Å². The van der Waals surface area contributed by atoms with Crippen molar-refractivity contribution in [3.8, 4) is 5.75 Å². The predicted octanol–water partition coefficient (Wildman–Crippen LogP) is 3.36. The first-order valence-electron chi connectivity index (χ1n) is 9.42. The number of methoxy groups -OCH3 is 1. The molecule has 0 aliphatic heterocycles. The fraction of sp³-hybridized carbons (Fsp3) is 0.381. The second-order valence-electron chi connectivity index (χ2n) is 7.20. The summed E-state index contributed by atoms with van der Waals surface area (Å²) in [6.07, 6.45) is 3.93. The Morgan fingerprint density at radius 3 is 2.50 bits per heavy atom. The number of rotatable bonds is 6. The molecule has 2 aromatic carbocycles. The molecule has 3 N–H and O–H groups in total. The molecule has 0 heterocycles. The second-order valence-corrected chi connectivity index (χ2v) is 8.73. The van der Waals surface area contributed by atoms with E-state index < -0.39 is 15.4 Å². The summed E-state index contributed by atoms with van der Waals surface area (Å²) in [6, 6.07) is 12.5.